The predicted octanol–water partition coefficient (Wildman–Crippen LogP) is 3.30. The summed E-state index contributed by atoms with van der Waals surface area (Å²) in [5.74, 6) is -0.362. The Bertz CT molecular complexity index is 902. The van der Waals surface area contributed by atoms with Crippen LogP contribution in [0.2, 0.25) is 0 Å². The Labute approximate surface area is 250 Å². The quantitative estimate of drug-likeness (QED) is 0.176. The maximum absolute atomic E-state index is 12.8. The fourth-order valence-corrected chi connectivity index (χ4v) is 3.44. The molecule has 0 aromatic heterocycles. The molecule has 1 rings (SSSR count). The van der Waals surface area contributed by atoms with Gasteiger partial charge >= 0.3 is 12.2 Å². The van der Waals surface area contributed by atoms with E-state index in [1.54, 1.807) is 41.5 Å². The van der Waals surface area contributed by atoms with Crippen molar-refractivity contribution in [2.75, 3.05) is 46.1 Å². The van der Waals surface area contributed by atoms with E-state index < -0.39 is 35.5 Å². The summed E-state index contributed by atoms with van der Waals surface area (Å²) in [6.45, 7) is 12.7. The van der Waals surface area contributed by atoms with Gasteiger partial charge in [0.05, 0.1) is 39.6 Å². The van der Waals surface area contributed by atoms with Gasteiger partial charge in [0, 0.05) is 13.1 Å². The number of nitrogens with one attached hydrogen (secondary N) is 3. The second-order valence-corrected chi connectivity index (χ2v) is 11.8. The van der Waals surface area contributed by atoms with Gasteiger partial charge in [0.2, 0.25) is 5.91 Å². The van der Waals surface area contributed by atoms with Crippen LogP contribution in [-0.2, 0) is 35.1 Å². The highest BCUT2D eigenvalue weighted by Crippen LogP contribution is 2.09. The molecule has 0 fully saturated rings. The summed E-state index contributed by atoms with van der Waals surface area (Å²) in [4.78, 5) is 36.8. The Morgan fingerprint density at radius 1 is 0.762 bits per heavy atom. The Morgan fingerprint density at radius 2 is 1.38 bits per heavy atom. The Kier molecular flexibility index (Phi) is 17.7. The number of unbranched alkanes of at least 4 members (excludes halogenated alkanes) is 1. The van der Waals surface area contributed by atoms with Crippen LogP contribution < -0.4 is 16.0 Å². The fraction of sp³-hybridized carbons (Fsp3) is 0.700. The molecule has 0 aliphatic rings. The van der Waals surface area contributed by atoms with Crippen LogP contribution in [0.4, 0.5) is 9.59 Å². The van der Waals surface area contributed by atoms with Crippen LogP contribution in [0.3, 0.4) is 0 Å². The zero-order chi connectivity index (χ0) is 31.4. The van der Waals surface area contributed by atoms with Crippen molar-refractivity contribution < 1.29 is 43.2 Å². The summed E-state index contributed by atoms with van der Waals surface area (Å²) in [7, 11) is 0. The van der Waals surface area contributed by atoms with Gasteiger partial charge in [-0.15, -0.1) is 0 Å². The molecule has 42 heavy (non-hydrogen) atoms. The van der Waals surface area contributed by atoms with Gasteiger partial charge in [-0.25, -0.2) is 9.59 Å². The lowest BCUT2D eigenvalue weighted by atomic mass is 10.1. The topological polar surface area (TPSA) is 154 Å². The summed E-state index contributed by atoms with van der Waals surface area (Å²) < 4.78 is 26.9. The first-order chi connectivity index (χ1) is 19.7. The summed E-state index contributed by atoms with van der Waals surface area (Å²) in [5, 5.41) is 18.0. The highest BCUT2D eigenvalue weighted by molar-refractivity contribution is 5.85. The van der Waals surface area contributed by atoms with Crippen molar-refractivity contribution >= 4 is 18.1 Å². The van der Waals surface area contributed by atoms with Crippen molar-refractivity contribution in [1.82, 2.24) is 16.0 Å². The van der Waals surface area contributed by atoms with Gasteiger partial charge in [-0.3, -0.25) is 4.79 Å². The largest absolute Gasteiger partial charge is 0.444 e. The van der Waals surface area contributed by atoms with Crippen molar-refractivity contribution in [1.29, 1.82) is 0 Å². The van der Waals surface area contributed by atoms with Crippen LogP contribution in [0.5, 0.6) is 0 Å². The first kappa shape index (κ1) is 37.1. The van der Waals surface area contributed by atoms with E-state index in [0.717, 1.165) is 5.56 Å². The van der Waals surface area contributed by atoms with Crippen molar-refractivity contribution in [3.05, 3.63) is 35.9 Å². The highest BCUT2D eigenvalue weighted by atomic mass is 16.6. The molecule has 0 unspecified atom stereocenters. The van der Waals surface area contributed by atoms with E-state index in [1.807, 2.05) is 30.3 Å². The molecule has 3 amide bonds. The molecule has 0 saturated heterocycles. The van der Waals surface area contributed by atoms with Gasteiger partial charge in [0.25, 0.3) is 0 Å². The first-order valence-corrected chi connectivity index (χ1v) is 14.4. The van der Waals surface area contributed by atoms with Crippen molar-refractivity contribution in [2.45, 2.75) is 90.8 Å². The van der Waals surface area contributed by atoms with E-state index in [-0.39, 0.29) is 45.5 Å². The Morgan fingerprint density at radius 3 is 2.05 bits per heavy atom. The van der Waals surface area contributed by atoms with Crippen LogP contribution in [0.25, 0.3) is 0 Å². The Hall–Kier alpha value is -2.93. The fourth-order valence-electron chi connectivity index (χ4n) is 3.44. The average molecular weight is 598 g/mol. The average Bonchev–Trinajstić information content (AvgIpc) is 2.87. The zero-order valence-corrected chi connectivity index (χ0v) is 26.0. The summed E-state index contributed by atoms with van der Waals surface area (Å²) in [5.41, 5.74) is -0.253. The molecule has 0 radical (unpaired) electrons. The summed E-state index contributed by atoms with van der Waals surface area (Å²) >= 11 is 0. The van der Waals surface area contributed by atoms with Crippen LogP contribution in [0.15, 0.2) is 30.3 Å². The molecule has 1 aromatic carbocycles. The lowest BCUT2D eigenvalue weighted by molar-refractivity contribution is -0.123. The maximum Gasteiger partial charge on any atom is 0.408 e. The van der Waals surface area contributed by atoms with E-state index in [4.69, 9.17) is 23.7 Å². The van der Waals surface area contributed by atoms with Gasteiger partial charge in [0.15, 0.2) is 0 Å². The molecular formula is C30H51N3O9. The van der Waals surface area contributed by atoms with Gasteiger partial charge in [-0.2, -0.15) is 0 Å². The highest BCUT2D eigenvalue weighted by Gasteiger charge is 2.24. The molecule has 0 heterocycles. The van der Waals surface area contributed by atoms with E-state index >= 15 is 0 Å². The van der Waals surface area contributed by atoms with E-state index in [0.29, 0.717) is 32.4 Å². The van der Waals surface area contributed by atoms with Crippen LogP contribution >= 0.6 is 0 Å². The van der Waals surface area contributed by atoms with Crippen LogP contribution in [0, 0.1) is 0 Å². The van der Waals surface area contributed by atoms with Crippen molar-refractivity contribution in [3.63, 3.8) is 0 Å². The first-order valence-electron chi connectivity index (χ1n) is 14.4. The number of hydrogen-bond donors (Lipinski definition) is 4. The van der Waals surface area contributed by atoms with Crippen LogP contribution in [0.1, 0.15) is 66.4 Å². The molecule has 12 nitrogen and oxygen atoms in total. The van der Waals surface area contributed by atoms with Gasteiger partial charge in [-0.1, -0.05) is 30.3 Å². The van der Waals surface area contributed by atoms with E-state index in [1.165, 1.54) is 0 Å². The van der Waals surface area contributed by atoms with Gasteiger partial charge in [-0.05, 0) is 66.4 Å². The molecule has 0 saturated carbocycles. The SMILES string of the molecule is CC(C)(C)OC(=O)NCCCC[C@H](NC(=O)OC(C)(C)C)C(=O)NCCOCCOC[C@H](O)COCc1ccccc1. The smallest absolute Gasteiger partial charge is 0.408 e. The monoisotopic (exact) mass is 597 g/mol. The number of aliphatic hydroxyl groups is 1. The third-order valence-electron chi connectivity index (χ3n) is 5.24. The summed E-state index contributed by atoms with van der Waals surface area (Å²) in [6.07, 6.45) is -0.409. The number of carbonyl (C=O) groups is 3. The zero-order valence-electron chi connectivity index (χ0n) is 26.0. The second kappa shape index (κ2) is 20.1. The Balaban J connectivity index is 2.26. The van der Waals surface area contributed by atoms with E-state index in [9.17, 15) is 19.5 Å². The number of hydrogen-bond acceptors (Lipinski definition) is 9. The van der Waals surface area contributed by atoms with Crippen molar-refractivity contribution in [3.8, 4) is 0 Å². The number of rotatable bonds is 19. The summed E-state index contributed by atoms with van der Waals surface area (Å²) in [6, 6.07) is 8.89. The minimum atomic E-state index is -0.810. The second-order valence-electron chi connectivity index (χ2n) is 11.8. The molecule has 0 aliphatic carbocycles. The molecule has 4 N–H and O–H groups in total. The minimum absolute atomic E-state index is 0.125. The number of amides is 3. The number of aliphatic hydroxyl groups excluding tert-OH is 1. The van der Waals surface area contributed by atoms with Crippen molar-refractivity contribution in [2.24, 2.45) is 0 Å². The molecule has 1 aromatic rings. The molecule has 2 atom stereocenters. The normalized spacial score (nSPS) is 13.1. The van der Waals surface area contributed by atoms with Gasteiger partial charge in [0.1, 0.15) is 23.3 Å². The standard InChI is InChI=1S/C30H51N3O9/c1-29(2,3)41-27(36)32-15-11-10-14-25(33-28(37)42-30(4,5)6)26(35)31-16-17-38-18-19-39-21-24(34)22-40-20-23-12-8-7-9-13-23/h7-9,12-13,24-25,34H,10-11,14-22H2,1-6H3,(H,31,35)(H,32,36)(H,33,37)/t24-,25-/m0/s1. The molecule has 240 valence electrons. The molecule has 0 aliphatic heterocycles. The third kappa shape index (κ3) is 20.9. The van der Waals surface area contributed by atoms with E-state index in [2.05, 4.69) is 16.0 Å². The number of carbonyl (C=O) groups excluding carboxylic acids is 3. The van der Waals surface area contributed by atoms with Gasteiger partial charge < -0.3 is 44.7 Å². The molecule has 12 heteroatoms. The molecule has 0 spiro atoms. The minimum Gasteiger partial charge on any atom is -0.444 e. The number of alkyl carbamates (subject to hydrolysis) is 2. The maximum atomic E-state index is 12.8. The molecular weight excluding hydrogens is 546 g/mol. The number of ether oxygens (including phenoxy) is 5. The lowest BCUT2D eigenvalue weighted by Crippen LogP contribution is -2.48. The predicted molar refractivity (Wildman–Crippen MR) is 158 cm³/mol. The number of benzene rings is 1. The third-order valence-corrected chi connectivity index (χ3v) is 5.24. The molecule has 0 bridgehead atoms. The van der Waals surface area contributed by atoms with Crippen LogP contribution in [-0.4, -0.2) is 92.7 Å². The lowest BCUT2D eigenvalue weighted by Gasteiger charge is -2.23.